The second-order valence-corrected chi connectivity index (χ2v) is 4.72. The van der Waals surface area contributed by atoms with Gasteiger partial charge < -0.3 is 15.1 Å². The highest BCUT2D eigenvalue weighted by Gasteiger charge is 2.36. The van der Waals surface area contributed by atoms with Gasteiger partial charge >= 0.3 is 0 Å². The Kier molecular flexibility index (Phi) is 3.99. The molecule has 2 saturated heterocycles. The van der Waals surface area contributed by atoms with Gasteiger partial charge in [0.1, 0.15) is 0 Å². The third-order valence-electron chi connectivity index (χ3n) is 3.61. The lowest BCUT2D eigenvalue weighted by atomic mass is 10.1. The predicted octanol–water partition coefficient (Wildman–Crippen LogP) is -0.181. The molecule has 0 aromatic heterocycles. The highest BCUT2D eigenvalue weighted by atomic mass is 16.2. The van der Waals surface area contributed by atoms with Gasteiger partial charge in [0.25, 0.3) is 0 Å². The van der Waals surface area contributed by atoms with Crippen molar-refractivity contribution < 1.29 is 9.59 Å². The van der Waals surface area contributed by atoms with Gasteiger partial charge in [-0.2, -0.15) is 0 Å². The molecule has 0 radical (unpaired) electrons. The van der Waals surface area contributed by atoms with Gasteiger partial charge in [-0.1, -0.05) is 6.92 Å². The lowest BCUT2D eigenvalue weighted by Gasteiger charge is -2.37. The maximum atomic E-state index is 11.9. The van der Waals surface area contributed by atoms with Gasteiger partial charge in [-0.15, -0.1) is 0 Å². The number of nitrogens with zero attached hydrogens (tertiary/aromatic N) is 2. The van der Waals surface area contributed by atoms with Crippen LogP contribution in [0, 0.1) is 0 Å². The zero-order chi connectivity index (χ0) is 12.3. The van der Waals surface area contributed by atoms with Crippen molar-refractivity contribution >= 4 is 11.8 Å². The molecule has 96 valence electrons. The molecule has 2 aliphatic rings. The number of carbonyl (C=O) groups is 2. The third-order valence-corrected chi connectivity index (χ3v) is 3.61. The molecule has 2 heterocycles. The van der Waals surface area contributed by atoms with Crippen LogP contribution >= 0.6 is 0 Å². The summed E-state index contributed by atoms with van der Waals surface area (Å²) >= 11 is 0. The first-order valence-electron chi connectivity index (χ1n) is 6.50. The fraction of sp³-hybridized carbons (Fsp3) is 0.833. The highest BCUT2D eigenvalue weighted by Crippen LogP contribution is 2.22. The summed E-state index contributed by atoms with van der Waals surface area (Å²) < 4.78 is 0. The maximum absolute atomic E-state index is 11.9. The summed E-state index contributed by atoms with van der Waals surface area (Å²) in [7, 11) is 0. The van der Waals surface area contributed by atoms with Crippen LogP contribution in [0.25, 0.3) is 0 Å². The SMILES string of the molecule is CCNCCC(=O)N1CCN2C(=O)CCC2C1. The Morgan fingerprint density at radius 2 is 2.29 bits per heavy atom. The number of fused-ring (bicyclic) bond motifs is 1. The zero-order valence-electron chi connectivity index (χ0n) is 10.4. The van der Waals surface area contributed by atoms with Gasteiger partial charge in [0.2, 0.25) is 11.8 Å². The standard InChI is InChI=1S/C12H21N3O2/c1-2-13-6-5-11(16)14-7-8-15-10(9-14)3-4-12(15)17/h10,13H,2-9H2,1H3. The van der Waals surface area contributed by atoms with E-state index in [1.165, 1.54) is 0 Å². The summed E-state index contributed by atoms with van der Waals surface area (Å²) in [6.07, 6.45) is 2.13. The third kappa shape index (κ3) is 2.77. The minimum atomic E-state index is 0.213. The van der Waals surface area contributed by atoms with Gasteiger partial charge in [0, 0.05) is 45.1 Å². The number of carbonyl (C=O) groups excluding carboxylic acids is 2. The molecule has 17 heavy (non-hydrogen) atoms. The van der Waals surface area contributed by atoms with Crippen LogP contribution in [0.1, 0.15) is 26.2 Å². The average Bonchev–Trinajstić information content (AvgIpc) is 2.71. The van der Waals surface area contributed by atoms with Crippen molar-refractivity contribution in [2.24, 2.45) is 0 Å². The van der Waals surface area contributed by atoms with Crippen molar-refractivity contribution in [3.8, 4) is 0 Å². The van der Waals surface area contributed by atoms with Crippen LogP contribution in [0.2, 0.25) is 0 Å². The first-order valence-corrected chi connectivity index (χ1v) is 6.50. The van der Waals surface area contributed by atoms with E-state index in [4.69, 9.17) is 0 Å². The van der Waals surface area contributed by atoms with Crippen LogP contribution in [-0.4, -0.2) is 60.4 Å². The maximum Gasteiger partial charge on any atom is 0.223 e. The Morgan fingerprint density at radius 3 is 3.06 bits per heavy atom. The van der Waals surface area contributed by atoms with E-state index in [9.17, 15) is 9.59 Å². The Hall–Kier alpha value is -1.10. The summed E-state index contributed by atoms with van der Waals surface area (Å²) in [6.45, 7) is 5.84. The molecule has 2 rings (SSSR count). The number of hydrogen-bond donors (Lipinski definition) is 1. The molecule has 1 unspecified atom stereocenters. The van der Waals surface area contributed by atoms with Crippen molar-refractivity contribution in [3.63, 3.8) is 0 Å². The molecule has 0 aromatic carbocycles. The van der Waals surface area contributed by atoms with Gasteiger partial charge in [0.15, 0.2) is 0 Å². The number of nitrogens with one attached hydrogen (secondary N) is 1. The average molecular weight is 239 g/mol. The van der Waals surface area contributed by atoms with E-state index >= 15 is 0 Å². The fourth-order valence-corrected chi connectivity index (χ4v) is 2.62. The van der Waals surface area contributed by atoms with E-state index in [1.54, 1.807) is 0 Å². The zero-order valence-corrected chi connectivity index (χ0v) is 10.4. The van der Waals surface area contributed by atoms with E-state index in [0.717, 1.165) is 32.6 Å². The van der Waals surface area contributed by atoms with E-state index in [1.807, 2.05) is 16.7 Å². The summed E-state index contributed by atoms with van der Waals surface area (Å²) in [4.78, 5) is 27.3. The summed E-state index contributed by atoms with van der Waals surface area (Å²) in [5.74, 6) is 0.472. The van der Waals surface area contributed by atoms with Gasteiger partial charge in [-0.25, -0.2) is 0 Å². The quantitative estimate of drug-likeness (QED) is 0.692. The largest absolute Gasteiger partial charge is 0.339 e. The Bertz CT molecular complexity index is 306. The molecule has 2 aliphatic heterocycles. The van der Waals surface area contributed by atoms with E-state index in [0.29, 0.717) is 19.4 Å². The van der Waals surface area contributed by atoms with Crippen molar-refractivity contribution in [2.45, 2.75) is 32.2 Å². The number of rotatable bonds is 4. The van der Waals surface area contributed by atoms with Gasteiger partial charge in [0.05, 0.1) is 0 Å². The normalized spacial score (nSPS) is 24.1. The molecule has 0 bridgehead atoms. The van der Waals surface area contributed by atoms with E-state index in [2.05, 4.69) is 5.32 Å². The van der Waals surface area contributed by atoms with Crippen molar-refractivity contribution in [1.29, 1.82) is 0 Å². The minimum Gasteiger partial charge on any atom is -0.339 e. The molecule has 0 aromatic rings. The van der Waals surface area contributed by atoms with Crippen LogP contribution in [0.5, 0.6) is 0 Å². The molecule has 1 N–H and O–H groups in total. The number of hydrogen-bond acceptors (Lipinski definition) is 3. The lowest BCUT2D eigenvalue weighted by Crippen LogP contribution is -2.53. The van der Waals surface area contributed by atoms with Crippen LogP contribution < -0.4 is 5.32 Å². The van der Waals surface area contributed by atoms with Crippen molar-refractivity contribution in [3.05, 3.63) is 0 Å². The topological polar surface area (TPSA) is 52.7 Å². The molecule has 0 saturated carbocycles. The smallest absolute Gasteiger partial charge is 0.223 e. The molecular formula is C12H21N3O2. The van der Waals surface area contributed by atoms with E-state index in [-0.39, 0.29) is 17.9 Å². The Balaban J connectivity index is 1.80. The lowest BCUT2D eigenvalue weighted by molar-refractivity contribution is -0.138. The molecule has 5 nitrogen and oxygen atoms in total. The van der Waals surface area contributed by atoms with Gasteiger partial charge in [-0.05, 0) is 13.0 Å². The molecule has 0 aliphatic carbocycles. The van der Waals surface area contributed by atoms with Crippen LogP contribution in [0.4, 0.5) is 0 Å². The monoisotopic (exact) mass is 239 g/mol. The molecule has 1 atom stereocenters. The van der Waals surface area contributed by atoms with Crippen LogP contribution in [-0.2, 0) is 9.59 Å². The van der Waals surface area contributed by atoms with E-state index < -0.39 is 0 Å². The number of piperazine rings is 1. The number of amides is 2. The molecule has 5 heteroatoms. The first kappa shape index (κ1) is 12.4. The second kappa shape index (κ2) is 5.49. The van der Waals surface area contributed by atoms with Gasteiger partial charge in [-0.3, -0.25) is 9.59 Å². The van der Waals surface area contributed by atoms with Crippen molar-refractivity contribution in [2.75, 3.05) is 32.7 Å². The second-order valence-electron chi connectivity index (χ2n) is 4.72. The van der Waals surface area contributed by atoms with Crippen molar-refractivity contribution in [1.82, 2.24) is 15.1 Å². The Morgan fingerprint density at radius 1 is 1.47 bits per heavy atom. The van der Waals surface area contributed by atoms with Crippen LogP contribution in [0.3, 0.4) is 0 Å². The summed E-state index contributed by atoms with van der Waals surface area (Å²) in [5.41, 5.74) is 0. The fourth-order valence-electron chi connectivity index (χ4n) is 2.62. The molecule has 0 spiro atoms. The molecular weight excluding hydrogens is 218 g/mol. The summed E-state index contributed by atoms with van der Waals surface area (Å²) in [5, 5.41) is 3.16. The van der Waals surface area contributed by atoms with Crippen LogP contribution in [0.15, 0.2) is 0 Å². The highest BCUT2D eigenvalue weighted by molar-refractivity contribution is 5.80. The summed E-state index contributed by atoms with van der Waals surface area (Å²) in [6, 6.07) is 0.277. The predicted molar refractivity (Wildman–Crippen MR) is 64.5 cm³/mol. The minimum absolute atomic E-state index is 0.213. The molecule has 2 fully saturated rings. The Labute approximate surface area is 102 Å². The first-order chi connectivity index (χ1) is 8.22. The molecule has 2 amide bonds.